The summed E-state index contributed by atoms with van der Waals surface area (Å²) in [4.78, 5) is 10.8. The van der Waals surface area contributed by atoms with E-state index in [2.05, 4.69) is 46.4 Å². The van der Waals surface area contributed by atoms with Gasteiger partial charge in [0.1, 0.15) is 0 Å². The Morgan fingerprint density at radius 3 is 1.68 bits per heavy atom. The van der Waals surface area contributed by atoms with Gasteiger partial charge in [-0.2, -0.15) is 0 Å². The van der Waals surface area contributed by atoms with Crippen LogP contribution in [0.25, 0.3) is 0 Å². The van der Waals surface area contributed by atoms with Gasteiger partial charge in [0, 0.05) is 0 Å². The molecule has 0 atom stereocenters. The van der Waals surface area contributed by atoms with Crippen molar-refractivity contribution in [3.63, 3.8) is 0 Å². The maximum Gasteiger partial charge on any atom is 0.335 e. The van der Waals surface area contributed by atoms with Gasteiger partial charge < -0.3 is 5.11 Å². The normalized spacial score (nSPS) is 9.53. The van der Waals surface area contributed by atoms with Crippen LogP contribution in [0.3, 0.4) is 0 Å². The topological polar surface area (TPSA) is 37.3 Å². The molecular weight excluding hydrogens is 236 g/mol. The van der Waals surface area contributed by atoms with E-state index in [0.29, 0.717) is 16.7 Å². The Kier molecular flexibility index (Phi) is 6.56. The number of hydrogen-bond acceptors (Lipinski definition) is 1. The highest BCUT2D eigenvalue weighted by Crippen LogP contribution is 2.29. The molecule has 0 unspecified atom stereocenters. The fourth-order valence-corrected chi connectivity index (χ4v) is 1.43. The van der Waals surface area contributed by atoms with Gasteiger partial charge in [0.2, 0.25) is 0 Å². The van der Waals surface area contributed by atoms with Crippen LogP contribution < -0.4 is 0 Å². The third kappa shape index (κ3) is 4.59. The predicted octanol–water partition coefficient (Wildman–Crippen LogP) is 4.60. The minimum absolute atomic E-state index is 0.0851. The summed E-state index contributed by atoms with van der Waals surface area (Å²) in [6.45, 7) is 24.9. The molecule has 0 bridgehead atoms. The van der Waals surface area contributed by atoms with Gasteiger partial charge in [0.25, 0.3) is 0 Å². The fourth-order valence-electron chi connectivity index (χ4n) is 1.43. The van der Waals surface area contributed by atoms with Crippen molar-refractivity contribution in [2.45, 2.75) is 26.2 Å². The second-order valence-corrected chi connectivity index (χ2v) is 4.41. The van der Waals surface area contributed by atoms with E-state index < -0.39 is 5.97 Å². The molecule has 0 aromatic carbocycles. The third-order valence-electron chi connectivity index (χ3n) is 2.97. The molecule has 0 aromatic rings. The molecule has 0 aliphatic rings. The number of carboxylic acid groups (broad SMARTS) is 1. The monoisotopic (exact) mass is 258 g/mol. The third-order valence-corrected chi connectivity index (χ3v) is 2.97. The highest BCUT2D eigenvalue weighted by Gasteiger charge is 2.15. The van der Waals surface area contributed by atoms with E-state index in [-0.39, 0.29) is 11.1 Å². The Morgan fingerprint density at radius 2 is 1.26 bits per heavy atom. The number of unbranched alkanes of at least 4 members (excludes halogenated alkanes) is 1. The average Bonchev–Trinajstić information content (AvgIpc) is 2.40. The second-order valence-electron chi connectivity index (χ2n) is 4.41. The summed E-state index contributed by atoms with van der Waals surface area (Å²) in [7, 11) is 0. The van der Waals surface area contributed by atoms with Crippen molar-refractivity contribution < 1.29 is 9.90 Å². The van der Waals surface area contributed by atoms with Crippen molar-refractivity contribution >= 4 is 5.97 Å². The van der Waals surface area contributed by atoms with E-state index in [1.807, 2.05) is 0 Å². The van der Waals surface area contributed by atoms with E-state index >= 15 is 0 Å². The van der Waals surface area contributed by atoms with Gasteiger partial charge in [0.15, 0.2) is 0 Å². The van der Waals surface area contributed by atoms with Crippen LogP contribution in [-0.2, 0) is 4.79 Å². The van der Waals surface area contributed by atoms with Crippen LogP contribution in [-0.4, -0.2) is 11.1 Å². The molecule has 102 valence electrons. The van der Waals surface area contributed by atoms with Crippen LogP contribution in [0.4, 0.5) is 0 Å². The first-order valence-corrected chi connectivity index (χ1v) is 6.11. The molecule has 2 nitrogen and oxygen atoms in total. The lowest BCUT2D eigenvalue weighted by Crippen LogP contribution is -2.05. The molecule has 0 heterocycles. The molecular formula is C17H22O2. The zero-order valence-corrected chi connectivity index (χ0v) is 11.7. The Labute approximate surface area is 115 Å². The summed E-state index contributed by atoms with van der Waals surface area (Å²) >= 11 is 0. The highest BCUT2D eigenvalue weighted by molar-refractivity contribution is 5.93. The van der Waals surface area contributed by atoms with Crippen LogP contribution in [0.15, 0.2) is 72.9 Å². The van der Waals surface area contributed by atoms with E-state index in [0.717, 1.165) is 24.8 Å². The molecule has 2 heteroatoms. The summed E-state index contributed by atoms with van der Waals surface area (Å²) in [5, 5.41) is 8.88. The van der Waals surface area contributed by atoms with Crippen molar-refractivity contribution in [1.29, 1.82) is 0 Å². The first kappa shape index (κ1) is 16.9. The summed E-state index contributed by atoms with van der Waals surface area (Å²) in [6.07, 6.45) is 2.94. The first-order valence-electron chi connectivity index (χ1n) is 6.11. The van der Waals surface area contributed by atoms with E-state index in [1.165, 1.54) is 0 Å². The van der Waals surface area contributed by atoms with Crippen molar-refractivity contribution in [3.8, 4) is 0 Å². The average molecular weight is 258 g/mol. The van der Waals surface area contributed by atoms with E-state index in [4.69, 9.17) is 5.11 Å². The number of rotatable bonds is 9. The molecule has 1 N–H and O–H groups in total. The molecule has 0 spiro atoms. The zero-order chi connectivity index (χ0) is 15.2. The summed E-state index contributed by atoms with van der Waals surface area (Å²) in [5.74, 6) is -1.12. The Morgan fingerprint density at radius 1 is 0.842 bits per heavy atom. The van der Waals surface area contributed by atoms with Crippen molar-refractivity contribution in [2.24, 2.45) is 0 Å². The molecule has 0 saturated heterocycles. The van der Waals surface area contributed by atoms with Crippen LogP contribution in [0.5, 0.6) is 0 Å². The van der Waals surface area contributed by atoms with E-state index in [9.17, 15) is 4.79 Å². The van der Waals surface area contributed by atoms with Gasteiger partial charge in [0.05, 0.1) is 5.57 Å². The van der Waals surface area contributed by atoms with Crippen LogP contribution in [0, 0.1) is 0 Å². The lowest BCUT2D eigenvalue weighted by molar-refractivity contribution is -0.132. The van der Waals surface area contributed by atoms with Crippen LogP contribution in [0.1, 0.15) is 26.2 Å². The smallest absolute Gasteiger partial charge is 0.335 e. The molecule has 0 radical (unpaired) electrons. The standard InChI is InChI=1S/C17H22O2/c1-8-9-10-11(2)12(3)13(4)14(5)15(6)16(7)17(18)19/h2-10H2,1H3,(H,18,19). The van der Waals surface area contributed by atoms with Gasteiger partial charge >= 0.3 is 5.97 Å². The Bertz CT molecular complexity index is 475. The number of hydrogen-bond donors (Lipinski definition) is 1. The first-order chi connectivity index (χ1) is 8.73. The molecule has 0 aromatic heterocycles. The van der Waals surface area contributed by atoms with Gasteiger partial charge in [-0.3, -0.25) is 0 Å². The Hall–Kier alpha value is -2.09. The zero-order valence-electron chi connectivity index (χ0n) is 11.7. The predicted molar refractivity (Wildman–Crippen MR) is 82.0 cm³/mol. The van der Waals surface area contributed by atoms with Gasteiger partial charge in [-0.15, -0.1) is 0 Å². The Balaban J connectivity index is 4.84. The number of carboxylic acids is 1. The molecule has 0 aliphatic carbocycles. The lowest BCUT2D eigenvalue weighted by Gasteiger charge is -2.16. The van der Waals surface area contributed by atoms with Gasteiger partial charge in [-0.05, 0) is 40.7 Å². The summed E-state index contributed by atoms with van der Waals surface area (Å²) in [6, 6.07) is 0. The molecule has 0 amide bonds. The summed E-state index contributed by atoms with van der Waals surface area (Å²) in [5.41, 5.74) is 2.77. The van der Waals surface area contributed by atoms with Gasteiger partial charge in [-0.1, -0.05) is 52.8 Å². The van der Waals surface area contributed by atoms with Crippen molar-refractivity contribution in [3.05, 3.63) is 72.9 Å². The maximum atomic E-state index is 10.8. The SMILES string of the molecule is C=C(CCCC)C(=C)C(=C)C(=C)C(=C)C(=C)C(=O)O. The number of allylic oxidation sites excluding steroid dienone is 4. The quantitative estimate of drug-likeness (QED) is 0.485. The number of carbonyl (C=O) groups is 1. The highest BCUT2D eigenvalue weighted by atomic mass is 16.4. The molecule has 0 aliphatic heterocycles. The van der Waals surface area contributed by atoms with E-state index in [1.54, 1.807) is 0 Å². The molecule has 0 saturated carbocycles. The largest absolute Gasteiger partial charge is 0.478 e. The summed E-state index contributed by atoms with van der Waals surface area (Å²) < 4.78 is 0. The van der Waals surface area contributed by atoms with Crippen molar-refractivity contribution in [1.82, 2.24) is 0 Å². The molecule has 0 fully saturated rings. The molecule has 0 rings (SSSR count). The second kappa shape index (κ2) is 7.37. The minimum atomic E-state index is -1.12. The minimum Gasteiger partial charge on any atom is -0.478 e. The van der Waals surface area contributed by atoms with Crippen LogP contribution >= 0.6 is 0 Å². The lowest BCUT2D eigenvalue weighted by atomic mass is 9.88. The van der Waals surface area contributed by atoms with Gasteiger partial charge in [-0.25, -0.2) is 4.79 Å². The van der Waals surface area contributed by atoms with Crippen molar-refractivity contribution in [2.75, 3.05) is 0 Å². The maximum absolute atomic E-state index is 10.8. The fraction of sp³-hybridized carbons (Fsp3) is 0.235. The van der Waals surface area contributed by atoms with Crippen LogP contribution in [0.2, 0.25) is 0 Å². The molecule has 19 heavy (non-hydrogen) atoms. The number of aliphatic carboxylic acids is 1.